The van der Waals surface area contributed by atoms with Crippen LogP contribution < -0.4 is 6.15 Å². The van der Waals surface area contributed by atoms with Crippen molar-refractivity contribution in [3.63, 3.8) is 0 Å². The van der Waals surface area contributed by atoms with Gasteiger partial charge in [-0.2, -0.15) is 0 Å². The Balaban J connectivity index is 0.00000242. The van der Waals surface area contributed by atoms with Crippen molar-refractivity contribution in [2.75, 3.05) is 0 Å². The number of benzene rings is 2. The number of carboxylic acids is 2. The molecule has 116 valence electrons. The summed E-state index contributed by atoms with van der Waals surface area (Å²) in [6.45, 7) is 0. The van der Waals surface area contributed by atoms with Crippen LogP contribution in [0.2, 0.25) is 0 Å². The van der Waals surface area contributed by atoms with E-state index in [-0.39, 0.29) is 35.2 Å². The molecule has 0 saturated heterocycles. The Morgan fingerprint density at radius 1 is 0.773 bits per heavy atom. The normalized spacial score (nSPS) is 9.82. The van der Waals surface area contributed by atoms with Gasteiger partial charge in [-0.1, -0.05) is 12.1 Å². The van der Waals surface area contributed by atoms with Crippen LogP contribution in [0.15, 0.2) is 36.4 Å². The highest BCUT2D eigenvalue weighted by Crippen LogP contribution is 2.23. The van der Waals surface area contributed by atoms with E-state index in [4.69, 9.17) is 10.2 Å². The zero-order valence-corrected chi connectivity index (χ0v) is 11.5. The highest BCUT2D eigenvalue weighted by atomic mass is 16.4. The summed E-state index contributed by atoms with van der Waals surface area (Å²) in [6, 6.07) is 8.30. The Hall–Kier alpha value is -3.06. The van der Waals surface area contributed by atoms with E-state index in [1.165, 1.54) is 24.3 Å². The smallest absolute Gasteiger partial charge is 0.339 e. The minimum Gasteiger partial charge on any atom is -0.507 e. The average molecular weight is 305 g/mol. The van der Waals surface area contributed by atoms with E-state index in [1.54, 1.807) is 12.1 Å². The average Bonchev–Trinajstić information content (AvgIpc) is 2.42. The van der Waals surface area contributed by atoms with Crippen molar-refractivity contribution in [2.45, 2.75) is 6.42 Å². The van der Waals surface area contributed by atoms with Crippen molar-refractivity contribution in [1.82, 2.24) is 6.15 Å². The predicted molar refractivity (Wildman–Crippen MR) is 78.0 cm³/mol. The van der Waals surface area contributed by atoms with Gasteiger partial charge >= 0.3 is 11.9 Å². The largest absolute Gasteiger partial charge is 0.507 e. The first-order valence-corrected chi connectivity index (χ1v) is 5.99. The highest BCUT2D eigenvalue weighted by Gasteiger charge is 2.13. The van der Waals surface area contributed by atoms with Gasteiger partial charge < -0.3 is 26.6 Å². The number of phenols is 2. The molecule has 0 radical (unpaired) electrons. The molecule has 0 aliphatic rings. The van der Waals surface area contributed by atoms with Gasteiger partial charge in [0.1, 0.15) is 22.6 Å². The molecule has 0 fully saturated rings. The Morgan fingerprint density at radius 2 is 1.14 bits per heavy atom. The number of carboxylic acid groups (broad SMARTS) is 2. The Labute approximate surface area is 125 Å². The van der Waals surface area contributed by atoms with Crippen LogP contribution in [0.25, 0.3) is 0 Å². The second-order valence-electron chi connectivity index (χ2n) is 4.49. The summed E-state index contributed by atoms with van der Waals surface area (Å²) >= 11 is 0. The van der Waals surface area contributed by atoms with Crippen LogP contribution in [-0.2, 0) is 6.42 Å². The van der Waals surface area contributed by atoms with E-state index in [0.29, 0.717) is 11.1 Å². The van der Waals surface area contributed by atoms with Gasteiger partial charge in [0.2, 0.25) is 0 Å². The third-order valence-electron chi connectivity index (χ3n) is 2.99. The van der Waals surface area contributed by atoms with Gasteiger partial charge in [0.15, 0.2) is 0 Å². The van der Waals surface area contributed by atoms with Gasteiger partial charge in [-0.15, -0.1) is 0 Å². The lowest BCUT2D eigenvalue weighted by Gasteiger charge is -2.07. The number of aromatic hydroxyl groups is 2. The zero-order chi connectivity index (χ0) is 15.6. The van der Waals surface area contributed by atoms with E-state index in [0.717, 1.165) is 0 Å². The fourth-order valence-corrected chi connectivity index (χ4v) is 1.96. The Kier molecular flexibility index (Phi) is 5.09. The summed E-state index contributed by atoms with van der Waals surface area (Å²) in [6.07, 6.45) is 0.279. The van der Waals surface area contributed by atoms with Gasteiger partial charge in [-0.05, 0) is 41.8 Å². The van der Waals surface area contributed by atoms with Crippen LogP contribution in [0, 0.1) is 0 Å². The molecule has 0 amide bonds. The lowest BCUT2D eigenvalue weighted by molar-refractivity contribution is 0.0682. The summed E-state index contributed by atoms with van der Waals surface area (Å²) in [5, 5.41) is 36.7. The van der Waals surface area contributed by atoms with E-state index in [1.807, 2.05) is 0 Å². The zero-order valence-electron chi connectivity index (χ0n) is 11.5. The molecule has 0 unspecified atom stereocenters. The SMILES string of the molecule is N.O=C(O)c1cc(Cc2ccc(O)c(C(=O)O)c2)ccc1O. The maximum Gasteiger partial charge on any atom is 0.339 e. The molecular formula is C15H15NO6. The van der Waals surface area contributed by atoms with Crippen LogP contribution in [0.4, 0.5) is 0 Å². The third-order valence-corrected chi connectivity index (χ3v) is 2.99. The van der Waals surface area contributed by atoms with Crippen molar-refractivity contribution >= 4 is 11.9 Å². The van der Waals surface area contributed by atoms with Crippen LogP contribution in [-0.4, -0.2) is 32.4 Å². The van der Waals surface area contributed by atoms with Crippen molar-refractivity contribution in [3.8, 4) is 11.5 Å². The van der Waals surface area contributed by atoms with Gasteiger partial charge in [0, 0.05) is 0 Å². The first kappa shape index (κ1) is 17.0. The maximum absolute atomic E-state index is 10.9. The molecule has 0 bridgehead atoms. The first-order valence-electron chi connectivity index (χ1n) is 5.99. The van der Waals surface area contributed by atoms with Gasteiger partial charge in [-0.25, -0.2) is 9.59 Å². The van der Waals surface area contributed by atoms with Crippen LogP contribution >= 0.6 is 0 Å². The monoisotopic (exact) mass is 305 g/mol. The highest BCUT2D eigenvalue weighted by molar-refractivity contribution is 5.91. The molecule has 7 heteroatoms. The minimum atomic E-state index is -1.24. The van der Waals surface area contributed by atoms with Crippen molar-refractivity contribution in [1.29, 1.82) is 0 Å². The maximum atomic E-state index is 10.9. The number of rotatable bonds is 4. The number of hydrogen-bond acceptors (Lipinski definition) is 5. The lowest BCUT2D eigenvalue weighted by Crippen LogP contribution is -2.01. The molecule has 0 saturated carbocycles. The van der Waals surface area contributed by atoms with Crippen molar-refractivity contribution < 1.29 is 30.0 Å². The number of aromatic carboxylic acids is 2. The fourth-order valence-electron chi connectivity index (χ4n) is 1.96. The van der Waals surface area contributed by atoms with Crippen LogP contribution in [0.1, 0.15) is 31.8 Å². The molecule has 0 aromatic heterocycles. The second kappa shape index (κ2) is 6.59. The Morgan fingerprint density at radius 3 is 1.45 bits per heavy atom. The summed E-state index contributed by atoms with van der Waals surface area (Å²) in [7, 11) is 0. The molecule has 2 aromatic carbocycles. The van der Waals surface area contributed by atoms with Crippen LogP contribution in [0.5, 0.6) is 11.5 Å². The first-order chi connectivity index (χ1) is 9.88. The predicted octanol–water partition coefficient (Wildman–Crippen LogP) is 2.25. The van der Waals surface area contributed by atoms with Crippen molar-refractivity contribution in [2.24, 2.45) is 0 Å². The second-order valence-corrected chi connectivity index (χ2v) is 4.49. The van der Waals surface area contributed by atoms with E-state index >= 15 is 0 Å². The molecule has 0 aliphatic carbocycles. The third kappa shape index (κ3) is 3.53. The van der Waals surface area contributed by atoms with Gasteiger partial charge in [0.05, 0.1) is 0 Å². The van der Waals surface area contributed by atoms with Crippen LogP contribution in [0.3, 0.4) is 0 Å². The summed E-state index contributed by atoms with van der Waals surface area (Å²) in [4.78, 5) is 21.9. The lowest BCUT2D eigenvalue weighted by atomic mass is 10.0. The quantitative estimate of drug-likeness (QED) is 0.581. The molecule has 0 atom stereocenters. The minimum absolute atomic E-state index is 0. The molecule has 0 spiro atoms. The molecule has 7 N–H and O–H groups in total. The molecule has 22 heavy (non-hydrogen) atoms. The number of hydrogen-bond donors (Lipinski definition) is 5. The molecule has 0 aliphatic heterocycles. The molecule has 0 heterocycles. The Bertz CT molecular complexity index is 664. The standard InChI is InChI=1S/C15H12O6.H3N/c16-12-3-1-8(6-10(12)14(18)19)5-9-2-4-13(17)11(7-9)15(20)21;/h1-4,6-7,16-17H,5H2,(H,18,19)(H,20,21);1H3. The summed E-state index contributed by atoms with van der Waals surface area (Å²) in [5.41, 5.74) is 0.772. The summed E-state index contributed by atoms with van der Waals surface area (Å²) in [5.74, 6) is -3.15. The molecule has 2 aromatic rings. The van der Waals surface area contributed by atoms with E-state index in [9.17, 15) is 19.8 Å². The molecule has 2 rings (SSSR count). The van der Waals surface area contributed by atoms with Crippen molar-refractivity contribution in [3.05, 3.63) is 58.7 Å². The van der Waals surface area contributed by atoms with E-state index < -0.39 is 11.9 Å². The molecule has 7 nitrogen and oxygen atoms in total. The van der Waals surface area contributed by atoms with E-state index in [2.05, 4.69) is 0 Å². The van der Waals surface area contributed by atoms with Gasteiger partial charge in [-0.3, -0.25) is 0 Å². The topological polar surface area (TPSA) is 150 Å². The number of carbonyl (C=O) groups is 2. The van der Waals surface area contributed by atoms with Gasteiger partial charge in [0.25, 0.3) is 0 Å². The molecular weight excluding hydrogens is 290 g/mol. The summed E-state index contributed by atoms with van der Waals surface area (Å²) < 4.78 is 0. The fraction of sp³-hybridized carbons (Fsp3) is 0.0667.